The maximum absolute atomic E-state index is 14.2. The predicted octanol–water partition coefficient (Wildman–Crippen LogP) is 5.43. The lowest BCUT2D eigenvalue weighted by Crippen LogP contribution is -2.19. The number of esters is 1. The molecule has 2 aliphatic carbocycles. The predicted molar refractivity (Wildman–Crippen MR) is 95.1 cm³/mol. The van der Waals surface area contributed by atoms with Crippen molar-refractivity contribution in [2.45, 2.75) is 52.4 Å². The van der Waals surface area contributed by atoms with Gasteiger partial charge in [0.05, 0.1) is 6.61 Å². The number of carbonyl (C=O) groups is 1. The molecule has 0 spiro atoms. The van der Waals surface area contributed by atoms with Crippen molar-refractivity contribution in [2.75, 3.05) is 6.61 Å². The third kappa shape index (κ3) is 3.62. The number of hydrogen-bond donors (Lipinski definition) is 0. The molecule has 5 heteroatoms. The van der Waals surface area contributed by atoms with Gasteiger partial charge in [-0.3, -0.25) is 0 Å². The van der Waals surface area contributed by atoms with Crippen LogP contribution >= 0.6 is 0 Å². The van der Waals surface area contributed by atoms with E-state index in [1.807, 2.05) is 13.0 Å². The average Bonchev–Trinajstić information content (AvgIpc) is 3.21. The third-order valence-corrected chi connectivity index (χ3v) is 5.55. The zero-order valence-electron chi connectivity index (χ0n) is 15.4. The highest BCUT2D eigenvalue weighted by Crippen LogP contribution is 2.49. The van der Waals surface area contributed by atoms with Crippen LogP contribution < -0.4 is 9.47 Å². The number of ether oxygens (including phenoxy) is 2. The van der Waals surface area contributed by atoms with Gasteiger partial charge in [-0.1, -0.05) is 32.8 Å². The van der Waals surface area contributed by atoms with Crippen LogP contribution in [-0.2, 0) is 4.79 Å². The van der Waals surface area contributed by atoms with Crippen molar-refractivity contribution in [1.82, 2.24) is 0 Å². The number of fused-ring (bicyclic) bond motifs is 1. The lowest BCUT2D eigenvalue weighted by atomic mass is 9.87. The summed E-state index contributed by atoms with van der Waals surface area (Å²) in [5.74, 6) is -2.08. The van der Waals surface area contributed by atoms with Crippen LogP contribution in [0.1, 0.15) is 52.4 Å². The molecule has 3 rings (SSSR count). The van der Waals surface area contributed by atoms with Crippen LogP contribution in [0, 0.1) is 29.4 Å². The molecule has 0 amide bonds. The van der Waals surface area contributed by atoms with E-state index in [4.69, 9.17) is 9.47 Å². The highest BCUT2D eigenvalue weighted by Gasteiger charge is 2.42. The van der Waals surface area contributed by atoms with Crippen LogP contribution in [0.4, 0.5) is 8.78 Å². The first kappa shape index (κ1) is 18.9. The minimum absolute atomic E-state index is 0.164. The molecule has 0 radical (unpaired) electrons. The van der Waals surface area contributed by atoms with Gasteiger partial charge in [-0.25, -0.2) is 4.79 Å². The molecule has 2 aliphatic rings. The maximum Gasteiger partial charge on any atom is 0.339 e. The Labute approximate surface area is 153 Å². The minimum Gasteiger partial charge on any atom is -0.490 e. The second-order valence-corrected chi connectivity index (χ2v) is 7.22. The topological polar surface area (TPSA) is 35.5 Å². The zero-order chi connectivity index (χ0) is 18.7. The monoisotopic (exact) mass is 364 g/mol. The van der Waals surface area contributed by atoms with E-state index in [0.29, 0.717) is 30.4 Å². The zero-order valence-corrected chi connectivity index (χ0v) is 15.4. The van der Waals surface area contributed by atoms with E-state index in [1.165, 1.54) is 18.6 Å². The molecule has 1 fully saturated rings. The molecular formula is C21H26F2O3. The Morgan fingerprint density at radius 2 is 1.85 bits per heavy atom. The van der Waals surface area contributed by atoms with E-state index in [-0.39, 0.29) is 17.4 Å². The fourth-order valence-electron chi connectivity index (χ4n) is 4.35. The first-order valence-corrected chi connectivity index (χ1v) is 9.59. The Hall–Kier alpha value is -1.91. The third-order valence-electron chi connectivity index (χ3n) is 5.55. The summed E-state index contributed by atoms with van der Waals surface area (Å²) in [7, 11) is 0. The maximum atomic E-state index is 14.2. The number of benzene rings is 1. The molecule has 3 unspecified atom stereocenters. The molecule has 0 bridgehead atoms. The van der Waals surface area contributed by atoms with Gasteiger partial charge in [0.15, 0.2) is 11.5 Å². The second kappa shape index (κ2) is 8.19. The Balaban J connectivity index is 1.68. The first-order chi connectivity index (χ1) is 12.6. The van der Waals surface area contributed by atoms with Crippen molar-refractivity contribution >= 4 is 5.97 Å². The van der Waals surface area contributed by atoms with E-state index in [9.17, 15) is 13.6 Å². The Morgan fingerprint density at radius 1 is 1.12 bits per heavy atom. The van der Waals surface area contributed by atoms with Crippen LogP contribution in [0.2, 0.25) is 0 Å². The van der Waals surface area contributed by atoms with Crippen LogP contribution in [0.15, 0.2) is 23.8 Å². The number of allylic oxidation sites excluding steroid dienone is 1. The van der Waals surface area contributed by atoms with E-state index in [0.717, 1.165) is 25.7 Å². The molecule has 142 valence electrons. The van der Waals surface area contributed by atoms with Gasteiger partial charge in [0.25, 0.3) is 0 Å². The normalized spacial score (nSPS) is 24.3. The van der Waals surface area contributed by atoms with Gasteiger partial charge in [-0.15, -0.1) is 0 Å². The van der Waals surface area contributed by atoms with Gasteiger partial charge in [-0.05, 0) is 55.6 Å². The minimum atomic E-state index is -1.18. The summed E-state index contributed by atoms with van der Waals surface area (Å²) < 4.78 is 38.6. The quantitative estimate of drug-likeness (QED) is 0.478. The van der Waals surface area contributed by atoms with Crippen LogP contribution in [0.25, 0.3) is 0 Å². The van der Waals surface area contributed by atoms with Crippen LogP contribution in [-0.4, -0.2) is 12.6 Å². The molecule has 0 saturated heterocycles. The molecule has 26 heavy (non-hydrogen) atoms. The Bertz CT molecular complexity index is 699. The van der Waals surface area contributed by atoms with Crippen LogP contribution in [0.3, 0.4) is 0 Å². The first-order valence-electron chi connectivity index (χ1n) is 9.59. The van der Waals surface area contributed by atoms with Crippen LogP contribution in [0.5, 0.6) is 11.5 Å². The summed E-state index contributed by atoms with van der Waals surface area (Å²) in [6.45, 7) is 4.35. The smallest absolute Gasteiger partial charge is 0.339 e. The Morgan fingerprint density at radius 3 is 2.58 bits per heavy atom. The number of halogens is 2. The molecule has 1 aromatic carbocycles. The van der Waals surface area contributed by atoms with Crippen molar-refractivity contribution in [3.63, 3.8) is 0 Å². The number of carbonyl (C=O) groups excluding carboxylic acids is 1. The van der Waals surface area contributed by atoms with Gasteiger partial charge in [0.2, 0.25) is 11.6 Å². The summed E-state index contributed by atoms with van der Waals surface area (Å²) in [5.41, 5.74) is 0.625. The molecule has 3 nitrogen and oxygen atoms in total. The van der Waals surface area contributed by atoms with Crippen molar-refractivity contribution in [3.8, 4) is 11.5 Å². The summed E-state index contributed by atoms with van der Waals surface area (Å²) >= 11 is 0. The molecule has 1 saturated carbocycles. The summed E-state index contributed by atoms with van der Waals surface area (Å²) in [4.78, 5) is 12.5. The van der Waals surface area contributed by atoms with Crippen molar-refractivity contribution in [2.24, 2.45) is 17.8 Å². The lowest BCUT2D eigenvalue weighted by Gasteiger charge is -2.19. The molecule has 1 aromatic rings. The van der Waals surface area contributed by atoms with E-state index >= 15 is 0 Å². The Kier molecular flexibility index (Phi) is 5.94. The highest BCUT2D eigenvalue weighted by atomic mass is 19.2. The SMILES string of the molecule is CCCOc1ccc(OC(=O)C2=CCC3C(CCC)CCC23)c(F)c1F. The standard InChI is InChI=1S/C21H26F2O3/c1-3-5-13-6-7-15-14(13)8-9-16(15)21(24)26-18-11-10-17(25-12-4-2)19(22)20(18)23/h9-11,13-15H,3-8,12H2,1-2H3. The van der Waals surface area contributed by atoms with Gasteiger partial charge in [-0.2, -0.15) is 8.78 Å². The number of hydrogen-bond acceptors (Lipinski definition) is 3. The van der Waals surface area contributed by atoms with E-state index in [2.05, 4.69) is 6.92 Å². The van der Waals surface area contributed by atoms with Gasteiger partial charge in [0, 0.05) is 5.57 Å². The molecule has 0 aliphatic heterocycles. The van der Waals surface area contributed by atoms with Gasteiger partial charge >= 0.3 is 5.97 Å². The van der Waals surface area contributed by atoms with Crippen molar-refractivity contribution in [3.05, 3.63) is 35.4 Å². The van der Waals surface area contributed by atoms with E-state index in [1.54, 1.807) is 0 Å². The summed E-state index contributed by atoms with van der Waals surface area (Å²) in [6, 6.07) is 2.55. The van der Waals surface area contributed by atoms with Gasteiger partial charge < -0.3 is 9.47 Å². The fraction of sp³-hybridized carbons (Fsp3) is 0.571. The molecule has 0 N–H and O–H groups in total. The highest BCUT2D eigenvalue weighted by molar-refractivity contribution is 5.91. The summed E-state index contributed by atoms with van der Waals surface area (Å²) in [5, 5.41) is 0. The molecule has 0 heterocycles. The van der Waals surface area contributed by atoms with Crippen molar-refractivity contribution in [1.29, 1.82) is 0 Å². The second-order valence-electron chi connectivity index (χ2n) is 7.22. The van der Waals surface area contributed by atoms with Gasteiger partial charge in [0.1, 0.15) is 0 Å². The molecule has 0 aromatic heterocycles. The fourth-order valence-corrected chi connectivity index (χ4v) is 4.35. The number of rotatable bonds is 7. The van der Waals surface area contributed by atoms with Crippen molar-refractivity contribution < 1.29 is 23.0 Å². The summed E-state index contributed by atoms with van der Waals surface area (Å²) in [6.07, 6.45) is 7.90. The average molecular weight is 364 g/mol. The molecule has 3 atom stereocenters. The largest absolute Gasteiger partial charge is 0.490 e. The lowest BCUT2D eigenvalue weighted by molar-refractivity contribution is -0.131. The van der Waals surface area contributed by atoms with E-state index < -0.39 is 17.6 Å². The molecular weight excluding hydrogens is 338 g/mol.